The number of aromatic nitrogens is 1. The van der Waals surface area contributed by atoms with Gasteiger partial charge in [0.25, 0.3) is 0 Å². The molecule has 3 nitrogen and oxygen atoms in total. The van der Waals surface area contributed by atoms with E-state index >= 15 is 0 Å². The first kappa shape index (κ1) is 15.7. The van der Waals surface area contributed by atoms with Crippen molar-refractivity contribution in [3.05, 3.63) is 53.1 Å². The maximum Gasteiger partial charge on any atom is 0.220 e. The average molecular weight is 312 g/mol. The Labute approximate surface area is 135 Å². The Kier molecular flexibility index (Phi) is 4.42. The van der Waals surface area contributed by atoms with Gasteiger partial charge in [-0.05, 0) is 60.6 Å². The standard InChI is InChI=1S/C19H21FN2O/c1-3-19(23)22-18-6-4-5-14-15(10-21-11-16(14)18)13-7-8-17(20)12(2)9-13/h7-11,18H,3-6H2,1-2H3,(H,22,23)/t18-/m0/s1. The molecular weight excluding hydrogens is 291 g/mol. The van der Waals surface area contributed by atoms with E-state index in [0.29, 0.717) is 12.0 Å². The summed E-state index contributed by atoms with van der Waals surface area (Å²) in [5.41, 5.74) is 4.97. The number of nitrogens with one attached hydrogen (secondary N) is 1. The van der Waals surface area contributed by atoms with Crippen molar-refractivity contribution in [3.63, 3.8) is 0 Å². The summed E-state index contributed by atoms with van der Waals surface area (Å²) in [7, 11) is 0. The normalized spacial score (nSPS) is 16.7. The fourth-order valence-corrected chi connectivity index (χ4v) is 3.23. The summed E-state index contributed by atoms with van der Waals surface area (Å²) in [6.07, 6.45) is 7.11. The molecule has 0 bridgehead atoms. The van der Waals surface area contributed by atoms with Crippen LogP contribution in [-0.2, 0) is 11.2 Å². The Morgan fingerprint density at radius 1 is 1.39 bits per heavy atom. The first-order chi connectivity index (χ1) is 11.1. The lowest BCUT2D eigenvalue weighted by Crippen LogP contribution is -2.30. The third-order valence-corrected chi connectivity index (χ3v) is 4.51. The van der Waals surface area contributed by atoms with E-state index in [4.69, 9.17) is 0 Å². The Hall–Kier alpha value is -2.23. The molecule has 0 aliphatic heterocycles. The maximum absolute atomic E-state index is 13.5. The van der Waals surface area contributed by atoms with Crippen molar-refractivity contribution in [3.8, 4) is 11.1 Å². The predicted octanol–water partition coefficient (Wildman–Crippen LogP) is 4.10. The molecule has 1 atom stereocenters. The molecule has 120 valence electrons. The number of carbonyl (C=O) groups excluding carboxylic acids is 1. The zero-order valence-electron chi connectivity index (χ0n) is 13.5. The summed E-state index contributed by atoms with van der Waals surface area (Å²) in [5, 5.41) is 3.08. The molecule has 1 aliphatic rings. The molecule has 1 aliphatic carbocycles. The molecule has 0 saturated heterocycles. The molecule has 3 rings (SSSR count). The van der Waals surface area contributed by atoms with E-state index in [1.807, 2.05) is 25.4 Å². The quantitative estimate of drug-likeness (QED) is 0.927. The predicted molar refractivity (Wildman–Crippen MR) is 88.5 cm³/mol. The second-order valence-electron chi connectivity index (χ2n) is 6.08. The van der Waals surface area contributed by atoms with E-state index in [9.17, 15) is 9.18 Å². The van der Waals surface area contributed by atoms with Gasteiger partial charge in [0.15, 0.2) is 0 Å². The molecule has 1 N–H and O–H groups in total. The number of carbonyl (C=O) groups is 1. The largest absolute Gasteiger partial charge is 0.349 e. The maximum atomic E-state index is 13.5. The highest BCUT2D eigenvalue weighted by Gasteiger charge is 2.24. The molecule has 23 heavy (non-hydrogen) atoms. The number of hydrogen-bond donors (Lipinski definition) is 1. The molecular formula is C19H21FN2O. The molecule has 2 aromatic rings. The number of pyridine rings is 1. The SMILES string of the molecule is CCC(=O)N[C@H]1CCCc2c(-c3ccc(F)c(C)c3)cncc21. The van der Waals surface area contributed by atoms with E-state index in [2.05, 4.69) is 10.3 Å². The van der Waals surface area contributed by atoms with Crippen molar-refractivity contribution < 1.29 is 9.18 Å². The van der Waals surface area contributed by atoms with Crippen molar-refractivity contribution in [2.75, 3.05) is 0 Å². The highest BCUT2D eigenvalue weighted by atomic mass is 19.1. The number of amides is 1. The molecule has 1 amide bonds. The Morgan fingerprint density at radius 2 is 2.22 bits per heavy atom. The smallest absolute Gasteiger partial charge is 0.220 e. The molecule has 0 unspecified atom stereocenters. The molecule has 0 radical (unpaired) electrons. The first-order valence-electron chi connectivity index (χ1n) is 8.12. The van der Waals surface area contributed by atoms with Gasteiger partial charge in [-0.1, -0.05) is 13.0 Å². The Bertz CT molecular complexity index is 742. The molecule has 1 aromatic carbocycles. The van der Waals surface area contributed by atoms with Crippen molar-refractivity contribution in [2.45, 2.75) is 45.6 Å². The van der Waals surface area contributed by atoms with Crippen LogP contribution < -0.4 is 5.32 Å². The van der Waals surface area contributed by atoms with Gasteiger partial charge in [0.05, 0.1) is 6.04 Å². The Morgan fingerprint density at radius 3 is 2.96 bits per heavy atom. The van der Waals surface area contributed by atoms with Gasteiger partial charge in [-0.3, -0.25) is 9.78 Å². The van der Waals surface area contributed by atoms with Crippen LogP contribution in [0.2, 0.25) is 0 Å². The van der Waals surface area contributed by atoms with Gasteiger partial charge in [-0.2, -0.15) is 0 Å². The monoisotopic (exact) mass is 312 g/mol. The lowest BCUT2D eigenvalue weighted by molar-refractivity contribution is -0.121. The number of nitrogens with zero attached hydrogens (tertiary/aromatic N) is 1. The van der Waals surface area contributed by atoms with Gasteiger partial charge in [0, 0.05) is 24.4 Å². The van der Waals surface area contributed by atoms with Crippen LogP contribution in [0.25, 0.3) is 11.1 Å². The van der Waals surface area contributed by atoms with Crippen LogP contribution in [-0.4, -0.2) is 10.9 Å². The van der Waals surface area contributed by atoms with Crippen LogP contribution in [0.1, 0.15) is 48.9 Å². The summed E-state index contributed by atoms with van der Waals surface area (Å²) in [6.45, 7) is 3.63. The molecule has 1 heterocycles. The molecule has 0 fully saturated rings. The van der Waals surface area contributed by atoms with Gasteiger partial charge in [0.2, 0.25) is 5.91 Å². The van der Waals surface area contributed by atoms with E-state index in [0.717, 1.165) is 36.0 Å². The summed E-state index contributed by atoms with van der Waals surface area (Å²) in [4.78, 5) is 16.1. The van der Waals surface area contributed by atoms with E-state index in [-0.39, 0.29) is 17.8 Å². The summed E-state index contributed by atoms with van der Waals surface area (Å²) < 4.78 is 13.5. The van der Waals surface area contributed by atoms with Gasteiger partial charge >= 0.3 is 0 Å². The highest BCUT2D eigenvalue weighted by Crippen LogP contribution is 2.36. The second kappa shape index (κ2) is 6.49. The van der Waals surface area contributed by atoms with Crippen molar-refractivity contribution >= 4 is 5.91 Å². The third kappa shape index (κ3) is 3.11. The van der Waals surface area contributed by atoms with Crippen LogP contribution in [0.15, 0.2) is 30.6 Å². The van der Waals surface area contributed by atoms with Gasteiger partial charge in [-0.25, -0.2) is 4.39 Å². The molecule has 0 spiro atoms. The molecule has 0 saturated carbocycles. The van der Waals surface area contributed by atoms with Gasteiger partial charge < -0.3 is 5.32 Å². The van der Waals surface area contributed by atoms with Crippen molar-refractivity contribution in [1.82, 2.24) is 10.3 Å². The van der Waals surface area contributed by atoms with Crippen molar-refractivity contribution in [1.29, 1.82) is 0 Å². The highest BCUT2D eigenvalue weighted by molar-refractivity contribution is 5.76. The van der Waals surface area contributed by atoms with E-state index in [1.54, 1.807) is 13.0 Å². The minimum Gasteiger partial charge on any atom is -0.349 e. The zero-order valence-corrected chi connectivity index (χ0v) is 13.5. The van der Waals surface area contributed by atoms with Crippen LogP contribution in [0, 0.1) is 12.7 Å². The van der Waals surface area contributed by atoms with Crippen LogP contribution in [0.4, 0.5) is 4.39 Å². The number of halogens is 1. The number of aryl methyl sites for hydroxylation is 1. The van der Waals surface area contributed by atoms with E-state index < -0.39 is 0 Å². The number of hydrogen-bond acceptors (Lipinski definition) is 2. The lowest BCUT2D eigenvalue weighted by Gasteiger charge is -2.27. The average Bonchev–Trinajstić information content (AvgIpc) is 2.57. The summed E-state index contributed by atoms with van der Waals surface area (Å²) >= 11 is 0. The number of fused-ring (bicyclic) bond motifs is 1. The first-order valence-corrected chi connectivity index (χ1v) is 8.12. The fraction of sp³-hybridized carbons (Fsp3) is 0.368. The Balaban J connectivity index is 2.02. The third-order valence-electron chi connectivity index (χ3n) is 4.51. The van der Waals surface area contributed by atoms with Gasteiger partial charge in [-0.15, -0.1) is 0 Å². The number of benzene rings is 1. The molecule has 4 heteroatoms. The second-order valence-corrected chi connectivity index (χ2v) is 6.08. The van der Waals surface area contributed by atoms with Crippen LogP contribution >= 0.6 is 0 Å². The topological polar surface area (TPSA) is 42.0 Å². The van der Waals surface area contributed by atoms with E-state index in [1.165, 1.54) is 11.6 Å². The summed E-state index contributed by atoms with van der Waals surface area (Å²) in [5.74, 6) is -0.134. The minimum absolute atomic E-state index is 0.0280. The van der Waals surface area contributed by atoms with Crippen LogP contribution in [0.3, 0.4) is 0 Å². The van der Waals surface area contributed by atoms with Gasteiger partial charge in [0.1, 0.15) is 5.82 Å². The summed E-state index contributed by atoms with van der Waals surface area (Å²) in [6, 6.07) is 5.19. The molecule has 1 aromatic heterocycles. The van der Waals surface area contributed by atoms with Crippen molar-refractivity contribution in [2.24, 2.45) is 0 Å². The lowest BCUT2D eigenvalue weighted by atomic mass is 9.84. The minimum atomic E-state index is -0.195. The fourth-order valence-electron chi connectivity index (χ4n) is 3.23. The zero-order chi connectivity index (χ0) is 16.4. The number of rotatable bonds is 3. The van der Waals surface area contributed by atoms with Crippen LogP contribution in [0.5, 0.6) is 0 Å².